The summed E-state index contributed by atoms with van der Waals surface area (Å²) in [6.07, 6.45) is 0. The molecule has 0 aromatic rings. The molecule has 0 saturated carbocycles. The van der Waals surface area contributed by atoms with Crippen LogP contribution >= 0.6 is 0 Å². The van der Waals surface area contributed by atoms with Crippen LogP contribution < -0.4 is 0 Å². The number of rotatable bonds is 1. The van der Waals surface area contributed by atoms with Crippen molar-refractivity contribution in [2.24, 2.45) is 0 Å². The maximum atomic E-state index is 11.1. The van der Waals surface area contributed by atoms with Gasteiger partial charge in [-0.3, -0.25) is 9.59 Å². The van der Waals surface area contributed by atoms with Crippen LogP contribution in [0.1, 0.15) is 13.8 Å². The second kappa shape index (κ2) is 2.90. The van der Waals surface area contributed by atoms with Crippen LogP contribution in [0.5, 0.6) is 0 Å². The van der Waals surface area contributed by atoms with Crippen LogP contribution in [-0.4, -0.2) is 41.4 Å². The summed E-state index contributed by atoms with van der Waals surface area (Å²) in [5, 5.41) is 0. The smallest absolute Gasteiger partial charge is 0.243 e. The monoisotopic (exact) mass is 156 g/mol. The molecule has 1 fully saturated rings. The summed E-state index contributed by atoms with van der Waals surface area (Å²) in [6.45, 7) is 4.78. The van der Waals surface area contributed by atoms with E-state index in [1.807, 2.05) is 6.92 Å². The number of carbonyl (C=O) groups excluding carboxylic acids is 2. The Morgan fingerprint density at radius 3 is 2.55 bits per heavy atom. The van der Waals surface area contributed by atoms with Crippen molar-refractivity contribution in [1.29, 1.82) is 0 Å². The highest BCUT2D eigenvalue weighted by Gasteiger charge is 2.27. The van der Waals surface area contributed by atoms with Crippen molar-refractivity contribution in [3.05, 3.63) is 0 Å². The van der Waals surface area contributed by atoms with Crippen molar-refractivity contribution in [3.63, 3.8) is 0 Å². The fraction of sp³-hybridized carbons (Fsp3) is 0.714. The van der Waals surface area contributed by atoms with Crippen molar-refractivity contribution < 1.29 is 9.59 Å². The molecule has 4 nitrogen and oxygen atoms in total. The summed E-state index contributed by atoms with van der Waals surface area (Å²) in [5.41, 5.74) is 0. The van der Waals surface area contributed by atoms with Crippen LogP contribution in [0.25, 0.3) is 0 Å². The number of hydrogen-bond donors (Lipinski definition) is 0. The summed E-state index contributed by atoms with van der Waals surface area (Å²) in [4.78, 5) is 25.0. The van der Waals surface area contributed by atoms with E-state index in [9.17, 15) is 9.59 Å². The molecule has 1 heterocycles. The van der Waals surface area contributed by atoms with E-state index in [1.165, 1.54) is 11.8 Å². The lowest BCUT2D eigenvalue weighted by atomic mass is 10.5. The molecule has 1 saturated heterocycles. The number of carbonyl (C=O) groups is 2. The fourth-order valence-electron chi connectivity index (χ4n) is 1.09. The Bertz CT molecular complexity index is 191. The van der Waals surface area contributed by atoms with Gasteiger partial charge < -0.3 is 9.80 Å². The van der Waals surface area contributed by atoms with Gasteiger partial charge >= 0.3 is 0 Å². The van der Waals surface area contributed by atoms with Gasteiger partial charge in [0.25, 0.3) is 0 Å². The first-order valence-electron chi connectivity index (χ1n) is 3.68. The highest BCUT2D eigenvalue weighted by molar-refractivity contribution is 5.86. The number of amides is 2. The maximum Gasteiger partial charge on any atom is 0.243 e. The lowest BCUT2D eigenvalue weighted by Gasteiger charge is -2.14. The van der Waals surface area contributed by atoms with E-state index >= 15 is 0 Å². The first kappa shape index (κ1) is 8.04. The average molecular weight is 156 g/mol. The highest BCUT2D eigenvalue weighted by atomic mass is 16.2. The minimum absolute atomic E-state index is 0.0331. The second-order valence-corrected chi connectivity index (χ2v) is 2.61. The minimum Gasteiger partial charge on any atom is -0.324 e. The number of hydrogen-bond acceptors (Lipinski definition) is 2. The van der Waals surface area contributed by atoms with Crippen LogP contribution in [-0.2, 0) is 9.59 Å². The Labute approximate surface area is 65.8 Å². The number of likely N-dealkylation sites (N-methyl/N-ethyl adjacent to an activating group) is 1. The van der Waals surface area contributed by atoms with Crippen molar-refractivity contribution >= 4 is 11.8 Å². The molecule has 4 heteroatoms. The molecule has 62 valence electrons. The van der Waals surface area contributed by atoms with E-state index in [0.717, 1.165) is 0 Å². The van der Waals surface area contributed by atoms with Gasteiger partial charge in [0, 0.05) is 13.5 Å². The van der Waals surface area contributed by atoms with E-state index in [2.05, 4.69) is 0 Å². The van der Waals surface area contributed by atoms with Crippen LogP contribution in [0, 0.1) is 0 Å². The van der Waals surface area contributed by atoms with E-state index < -0.39 is 0 Å². The minimum atomic E-state index is -0.0331. The highest BCUT2D eigenvalue weighted by Crippen LogP contribution is 2.05. The standard InChI is InChI=1S/C7H12N2O2/c1-3-8-5-9(6(2)10)4-7(8)11/h3-5H2,1-2H3. The molecule has 0 radical (unpaired) electrons. The second-order valence-electron chi connectivity index (χ2n) is 2.61. The predicted octanol–water partition coefficient (Wildman–Crippen LogP) is -0.346. The van der Waals surface area contributed by atoms with Crippen LogP contribution in [0.15, 0.2) is 0 Å². The Morgan fingerprint density at radius 2 is 2.27 bits per heavy atom. The van der Waals surface area contributed by atoms with Crippen LogP contribution in [0.3, 0.4) is 0 Å². The molecule has 0 N–H and O–H groups in total. The summed E-state index contributed by atoms with van der Waals surface area (Å²) < 4.78 is 0. The van der Waals surface area contributed by atoms with Gasteiger partial charge in [-0.15, -0.1) is 0 Å². The first-order valence-corrected chi connectivity index (χ1v) is 3.68. The zero-order chi connectivity index (χ0) is 8.43. The molecule has 0 aliphatic carbocycles. The molecule has 0 bridgehead atoms. The van der Waals surface area contributed by atoms with Crippen molar-refractivity contribution in [3.8, 4) is 0 Å². The van der Waals surface area contributed by atoms with Gasteiger partial charge in [0.05, 0.1) is 6.67 Å². The zero-order valence-corrected chi connectivity index (χ0v) is 6.83. The SMILES string of the molecule is CCN1CN(C(C)=O)CC1=O. The summed E-state index contributed by atoms with van der Waals surface area (Å²) in [6, 6.07) is 0. The van der Waals surface area contributed by atoms with E-state index in [4.69, 9.17) is 0 Å². The predicted molar refractivity (Wildman–Crippen MR) is 39.6 cm³/mol. The van der Waals surface area contributed by atoms with Crippen LogP contribution in [0.4, 0.5) is 0 Å². The topological polar surface area (TPSA) is 40.6 Å². The molecule has 0 aromatic carbocycles. The molecule has 1 aliphatic rings. The van der Waals surface area contributed by atoms with Gasteiger partial charge in [-0.1, -0.05) is 0 Å². The zero-order valence-electron chi connectivity index (χ0n) is 6.83. The van der Waals surface area contributed by atoms with E-state index in [1.54, 1.807) is 4.90 Å². The Kier molecular flexibility index (Phi) is 2.12. The molecule has 0 atom stereocenters. The average Bonchev–Trinajstić information content (AvgIpc) is 2.31. The van der Waals surface area contributed by atoms with E-state index in [-0.39, 0.29) is 18.4 Å². The first-order chi connectivity index (χ1) is 5.15. The summed E-state index contributed by atoms with van der Waals surface area (Å²) >= 11 is 0. The molecule has 0 spiro atoms. The molecule has 1 rings (SSSR count). The molecule has 0 aromatic heterocycles. The lowest BCUT2D eigenvalue weighted by molar-refractivity contribution is -0.130. The third-order valence-corrected chi connectivity index (χ3v) is 1.85. The van der Waals surface area contributed by atoms with Gasteiger partial charge in [-0.05, 0) is 6.92 Å². The van der Waals surface area contributed by atoms with Gasteiger partial charge in [0.2, 0.25) is 11.8 Å². The molecule has 2 amide bonds. The Balaban J connectivity index is 2.56. The third kappa shape index (κ3) is 1.50. The van der Waals surface area contributed by atoms with Crippen molar-refractivity contribution in [1.82, 2.24) is 9.80 Å². The normalized spacial score (nSPS) is 17.8. The maximum absolute atomic E-state index is 11.1. The molecule has 1 aliphatic heterocycles. The third-order valence-electron chi connectivity index (χ3n) is 1.85. The summed E-state index contributed by atoms with van der Waals surface area (Å²) in [7, 11) is 0. The largest absolute Gasteiger partial charge is 0.324 e. The molecule has 11 heavy (non-hydrogen) atoms. The fourth-order valence-corrected chi connectivity index (χ4v) is 1.09. The van der Waals surface area contributed by atoms with Crippen molar-refractivity contribution in [2.45, 2.75) is 13.8 Å². The summed E-state index contributed by atoms with van der Waals surface area (Å²) in [5.74, 6) is 0.0111. The molecular formula is C7H12N2O2. The Hall–Kier alpha value is -1.06. The van der Waals surface area contributed by atoms with Crippen molar-refractivity contribution in [2.75, 3.05) is 19.8 Å². The van der Waals surface area contributed by atoms with Gasteiger partial charge in [0.15, 0.2) is 0 Å². The quantitative estimate of drug-likeness (QED) is 0.521. The number of nitrogens with zero attached hydrogens (tertiary/aromatic N) is 2. The van der Waals surface area contributed by atoms with Crippen LogP contribution in [0.2, 0.25) is 0 Å². The van der Waals surface area contributed by atoms with Gasteiger partial charge in [0.1, 0.15) is 6.54 Å². The Morgan fingerprint density at radius 1 is 1.64 bits per heavy atom. The van der Waals surface area contributed by atoms with Gasteiger partial charge in [-0.2, -0.15) is 0 Å². The molecule has 0 unspecified atom stereocenters. The van der Waals surface area contributed by atoms with Gasteiger partial charge in [-0.25, -0.2) is 0 Å². The lowest BCUT2D eigenvalue weighted by Crippen LogP contribution is -2.29. The molecular weight excluding hydrogens is 144 g/mol. The van der Waals surface area contributed by atoms with E-state index in [0.29, 0.717) is 13.2 Å².